The highest BCUT2D eigenvalue weighted by Crippen LogP contribution is 1.94. The highest BCUT2D eigenvalue weighted by Gasteiger charge is 1.87. The zero-order chi connectivity index (χ0) is 7.98. The largest absolute Gasteiger partial charge is 0.303 e. The van der Waals surface area contributed by atoms with E-state index in [1.54, 1.807) is 0 Å². The minimum atomic E-state index is 0.0376. The summed E-state index contributed by atoms with van der Waals surface area (Å²) in [5, 5.41) is 0. The summed E-state index contributed by atoms with van der Waals surface area (Å²) in [6, 6.07) is 0. The maximum atomic E-state index is 10.1. The molecule has 0 rings (SSSR count). The first-order valence-electron chi connectivity index (χ1n) is 3.44. The van der Waals surface area contributed by atoms with Gasteiger partial charge in [-0.05, 0) is 13.8 Å². The van der Waals surface area contributed by atoms with Gasteiger partial charge < -0.3 is 4.79 Å². The number of hydrogen-bond donors (Lipinski definition) is 0. The summed E-state index contributed by atoms with van der Waals surface area (Å²) in [7, 11) is 0. The molecule has 0 bridgehead atoms. The van der Waals surface area contributed by atoms with Gasteiger partial charge >= 0.3 is 0 Å². The van der Waals surface area contributed by atoms with E-state index in [0.29, 0.717) is 0 Å². The summed E-state index contributed by atoms with van der Waals surface area (Å²) >= 11 is 0. The van der Waals surface area contributed by atoms with Crippen LogP contribution >= 0.6 is 0 Å². The Balaban J connectivity index is 3.76. The monoisotopic (exact) mass is 138 g/mol. The van der Waals surface area contributed by atoms with Gasteiger partial charge in [0.05, 0.1) is 0 Å². The van der Waals surface area contributed by atoms with Gasteiger partial charge in [0.1, 0.15) is 6.29 Å². The molecule has 0 aromatic carbocycles. The molecular formula is C9H14O. The number of carbonyl (C=O) groups excluding carboxylic acids is 1. The van der Waals surface area contributed by atoms with E-state index in [0.717, 1.165) is 6.29 Å². The molecule has 0 N–H and O–H groups in total. The van der Waals surface area contributed by atoms with Crippen molar-refractivity contribution in [2.45, 2.75) is 20.8 Å². The predicted octanol–water partition coefficient (Wildman–Crippen LogP) is 2.34. The lowest BCUT2D eigenvalue weighted by molar-refractivity contribution is -0.109. The highest BCUT2D eigenvalue weighted by molar-refractivity contribution is 5.55. The lowest BCUT2D eigenvalue weighted by Gasteiger charge is -1.89. The van der Waals surface area contributed by atoms with Gasteiger partial charge in [-0.1, -0.05) is 30.7 Å². The second-order valence-corrected chi connectivity index (χ2v) is 2.62. The van der Waals surface area contributed by atoms with Crippen molar-refractivity contribution in [2.75, 3.05) is 0 Å². The quantitative estimate of drug-likeness (QED) is 0.432. The molecule has 1 atom stereocenters. The Labute approximate surface area is 62.4 Å². The van der Waals surface area contributed by atoms with E-state index in [1.165, 1.54) is 5.57 Å². The highest BCUT2D eigenvalue weighted by atomic mass is 16.1. The summed E-state index contributed by atoms with van der Waals surface area (Å²) < 4.78 is 0. The molecule has 0 saturated heterocycles. The second kappa shape index (κ2) is 4.98. The lowest BCUT2D eigenvalue weighted by Crippen LogP contribution is -1.87. The van der Waals surface area contributed by atoms with Crippen LogP contribution in [0, 0.1) is 5.92 Å². The smallest absolute Gasteiger partial charge is 0.126 e. The number of allylic oxidation sites excluding steroid dienone is 4. The van der Waals surface area contributed by atoms with Crippen LogP contribution in [0.5, 0.6) is 0 Å². The van der Waals surface area contributed by atoms with Crippen LogP contribution in [0.3, 0.4) is 0 Å². The van der Waals surface area contributed by atoms with E-state index in [4.69, 9.17) is 0 Å². The average molecular weight is 138 g/mol. The second-order valence-electron chi connectivity index (χ2n) is 2.62. The van der Waals surface area contributed by atoms with Gasteiger partial charge in [-0.15, -0.1) is 0 Å². The summed E-state index contributed by atoms with van der Waals surface area (Å²) in [6.45, 7) is 5.91. The molecule has 1 nitrogen and oxygen atoms in total. The molecule has 0 amide bonds. The first-order chi connectivity index (χ1) is 4.66. The van der Waals surface area contributed by atoms with Crippen LogP contribution in [0.15, 0.2) is 23.8 Å². The van der Waals surface area contributed by atoms with Crippen molar-refractivity contribution in [3.05, 3.63) is 23.8 Å². The lowest BCUT2D eigenvalue weighted by atomic mass is 10.2. The molecule has 0 heterocycles. The van der Waals surface area contributed by atoms with Crippen LogP contribution in [0.4, 0.5) is 0 Å². The van der Waals surface area contributed by atoms with Gasteiger partial charge in [0, 0.05) is 5.92 Å². The van der Waals surface area contributed by atoms with Crippen molar-refractivity contribution in [3.8, 4) is 0 Å². The van der Waals surface area contributed by atoms with E-state index in [2.05, 4.69) is 0 Å². The molecule has 0 fully saturated rings. The minimum Gasteiger partial charge on any atom is -0.303 e. The third kappa shape index (κ3) is 5.29. The van der Waals surface area contributed by atoms with Crippen molar-refractivity contribution in [2.24, 2.45) is 5.92 Å². The maximum Gasteiger partial charge on any atom is 0.126 e. The Hall–Kier alpha value is -0.850. The van der Waals surface area contributed by atoms with Gasteiger partial charge in [-0.2, -0.15) is 0 Å². The van der Waals surface area contributed by atoms with Gasteiger partial charge in [-0.3, -0.25) is 0 Å². The third-order valence-corrected chi connectivity index (χ3v) is 1.06. The fraction of sp³-hybridized carbons (Fsp3) is 0.444. The Morgan fingerprint density at radius 1 is 1.40 bits per heavy atom. The number of carbonyl (C=O) groups is 1. The molecule has 0 aliphatic rings. The molecule has 10 heavy (non-hydrogen) atoms. The SMILES string of the molecule is CC(C)=C/C=C/C(C)C=O. The Bertz CT molecular complexity index is 150. The molecule has 1 unspecified atom stereocenters. The zero-order valence-corrected chi connectivity index (χ0v) is 6.79. The molecule has 0 aliphatic carbocycles. The van der Waals surface area contributed by atoms with Crippen molar-refractivity contribution >= 4 is 6.29 Å². The molecule has 0 aromatic rings. The van der Waals surface area contributed by atoms with Crippen LogP contribution in [0.1, 0.15) is 20.8 Å². The van der Waals surface area contributed by atoms with Crippen molar-refractivity contribution < 1.29 is 4.79 Å². The fourth-order valence-corrected chi connectivity index (χ4v) is 0.469. The average Bonchev–Trinajstić information content (AvgIpc) is 1.87. The normalized spacial score (nSPS) is 13.1. The first kappa shape index (κ1) is 9.15. The van der Waals surface area contributed by atoms with Gasteiger partial charge in [0.15, 0.2) is 0 Å². The third-order valence-electron chi connectivity index (χ3n) is 1.06. The molecule has 0 spiro atoms. The molecular weight excluding hydrogens is 124 g/mol. The van der Waals surface area contributed by atoms with Crippen molar-refractivity contribution in [1.82, 2.24) is 0 Å². The number of aldehydes is 1. The van der Waals surface area contributed by atoms with E-state index < -0.39 is 0 Å². The molecule has 1 heteroatoms. The van der Waals surface area contributed by atoms with Crippen LogP contribution in [-0.4, -0.2) is 6.29 Å². The number of rotatable bonds is 3. The Morgan fingerprint density at radius 2 is 2.00 bits per heavy atom. The summed E-state index contributed by atoms with van der Waals surface area (Å²) in [4.78, 5) is 10.1. The van der Waals surface area contributed by atoms with E-state index in [9.17, 15) is 4.79 Å². The molecule has 0 radical (unpaired) electrons. The van der Waals surface area contributed by atoms with Gasteiger partial charge in [-0.25, -0.2) is 0 Å². The minimum absolute atomic E-state index is 0.0376. The molecule has 0 aromatic heterocycles. The Kier molecular flexibility index (Phi) is 4.55. The standard InChI is InChI=1S/C9H14O/c1-8(2)5-4-6-9(3)7-10/h4-7,9H,1-3H3/b6-4+. The number of hydrogen-bond acceptors (Lipinski definition) is 1. The van der Waals surface area contributed by atoms with E-state index in [1.807, 2.05) is 39.0 Å². The first-order valence-corrected chi connectivity index (χ1v) is 3.44. The molecule has 56 valence electrons. The molecule has 0 saturated carbocycles. The van der Waals surface area contributed by atoms with E-state index >= 15 is 0 Å². The topological polar surface area (TPSA) is 17.1 Å². The van der Waals surface area contributed by atoms with Crippen molar-refractivity contribution in [3.63, 3.8) is 0 Å². The van der Waals surface area contributed by atoms with Crippen LogP contribution < -0.4 is 0 Å². The van der Waals surface area contributed by atoms with Crippen LogP contribution in [0.2, 0.25) is 0 Å². The Morgan fingerprint density at radius 3 is 2.40 bits per heavy atom. The van der Waals surface area contributed by atoms with E-state index in [-0.39, 0.29) is 5.92 Å². The molecule has 0 aliphatic heterocycles. The summed E-state index contributed by atoms with van der Waals surface area (Å²) in [6.07, 6.45) is 6.70. The summed E-state index contributed by atoms with van der Waals surface area (Å²) in [5.41, 5.74) is 1.24. The predicted molar refractivity (Wildman–Crippen MR) is 43.8 cm³/mol. The van der Waals surface area contributed by atoms with Gasteiger partial charge in [0.25, 0.3) is 0 Å². The van der Waals surface area contributed by atoms with Crippen LogP contribution in [0.25, 0.3) is 0 Å². The van der Waals surface area contributed by atoms with Crippen LogP contribution in [-0.2, 0) is 4.79 Å². The maximum absolute atomic E-state index is 10.1. The van der Waals surface area contributed by atoms with Gasteiger partial charge in [0.2, 0.25) is 0 Å². The summed E-state index contributed by atoms with van der Waals surface area (Å²) in [5.74, 6) is 0.0376. The fourth-order valence-electron chi connectivity index (χ4n) is 0.469. The van der Waals surface area contributed by atoms with Crippen molar-refractivity contribution in [1.29, 1.82) is 0 Å². The zero-order valence-electron chi connectivity index (χ0n) is 6.79.